The Balaban J connectivity index is 1.62. The van der Waals surface area contributed by atoms with Crippen LogP contribution in [-0.2, 0) is 0 Å². The predicted molar refractivity (Wildman–Crippen MR) is 116 cm³/mol. The summed E-state index contributed by atoms with van der Waals surface area (Å²) in [6.07, 6.45) is 1.30. The molecule has 2 aromatic heterocycles. The normalized spacial score (nSPS) is 19.2. The summed E-state index contributed by atoms with van der Waals surface area (Å²) in [7, 11) is 1.68. The van der Waals surface area contributed by atoms with Gasteiger partial charge in [-0.25, -0.2) is 4.68 Å². The number of aromatic nitrogens is 3. The second-order valence-electron chi connectivity index (χ2n) is 7.17. The molecule has 0 radical (unpaired) electrons. The number of benzene rings is 2. The average molecular weight is 414 g/mol. The van der Waals surface area contributed by atoms with Crippen LogP contribution in [0.1, 0.15) is 28.1 Å². The topological polar surface area (TPSA) is 61.2 Å². The number of ether oxygens (including phenoxy) is 2. The summed E-state index contributed by atoms with van der Waals surface area (Å²) < 4.78 is 14.0. The van der Waals surface area contributed by atoms with E-state index in [1.54, 1.807) is 24.8 Å². The number of nitrogens with zero attached hydrogens (tertiary/aromatic N) is 3. The highest BCUT2D eigenvalue weighted by Gasteiger charge is 2.41. The molecule has 1 N–H and O–H groups in total. The van der Waals surface area contributed by atoms with Crippen LogP contribution in [0.5, 0.6) is 11.5 Å². The van der Waals surface area contributed by atoms with E-state index >= 15 is 0 Å². The summed E-state index contributed by atoms with van der Waals surface area (Å²) in [6, 6.07) is 20.3. The fraction of sp³-hybridized carbons (Fsp3) is 0.130. The maximum atomic E-state index is 6.60. The van der Waals surface area contributed by atoms with Gasteiger partial charge in [0.25, 0.3) is 0 Å². The van der Waals surface area contributed by atoms with Gasteiger partial charge in [-0.1, -0.05) is 30.3 Å². The van der Waals surface area contributed by atoms with Crippen molar-refractivity contribution in [2.75, 3.05) is 12.4 Å². The molecule has 0 amide bonds. The first-order valence-electron chi connectivity index (χ1n) is 9.67. The Labute approximate surface area is 177 Å². The number of thiophene rings is 1. The van der Waals surface area contributed by atoms with E-state index in [0.717, 1.165) is 39.8 Å². The Bertz CT molecular complexity index is 1260. The molecular formula is C23H18N4O2S. The summed E-state index contributed by atoms with van der Waals surface area (Å²) in [4.78, 5) is 5.64. The molecule has 0 spiro atoms. The Morgan fingerprint density at radius 2 is 2.03 bits per heavy atom. The Hall–Kier alpha value is -3.58. The fourth-order valence-electron chi connectivity index (χ4n) is 4.22. The molecule has 0 unspecified atom stereocenters. The van der Waals surface area contributed by atoms with Crippen LogP contribution in [0.2, 0.25) is 0 Å². The fourth-order valence-corrected chi connectivity index (χ4v) is 5.04. The molecule has 4 aromatic rings. The number of hydrogen-bond donors (Lipinski definition) is 1. The van der Waals surface area contributed by atoms with Crippen molar-refractivity contribution in [1.82, 2.24) is 14.8 Å². The van der Waals surface area contributed by atoms with Crippen molar-refractivity contribution in [1.29, 1.82) is 0 Å². The molecule has 0 fully saturated rings. The lowest BCUT2D eigenvalue weighted by atomic mass is 9.87. The molecule has 2 atom stereocenters. The third-order valence-electron chi connectivity index (χ3n) is 5.53. The zero-order valence-electron chi connectivity index (χ0n) is 16.1. The monoisotopic (exact) mass is 414 g/mol. The van der Waals surface area contributed by atoms with Gasteiger partial charge in [0.15, 0.2) is 0 Å². The zero-order valence-corrected chi connectivity index (χ0v) is 17.0. The third-order valence-corrected chi connectivity index (χ3v) is 6.46. The predicted octanol–water partition coefficient (Wildman–Crippen LogP) is 4.91. The highest BCUT2D eigenvalue weighted by molar-refractivity contribution is 7.10. The van der Waals surface area contributed by atoms with Crippen molar-refractivity contribution in [2.45, 2.75) is 12.1 Å². The summed E-state index contributed by atoms with van der Waals surface area (Å²) in [5, 5.41) is 10.1. The van der Waals surface area contributed by atoms with Crippen molar-refractivity contribution in [3.63, 3.8) is 0 Å². The molecule has 2 aliphatic heterocycles. The molecule has 30 heavy (non-hydrogen) atoms. The minimum Gasteiger partial charge on any atom is -0.497 e. The minimum atomic E-state index is -0.290. The minimum absolute atomic E-state index is 0.108. The molecule has 6 rings (SSSR count). The first-order valence-corrected chi connectivity index (χ1v) is 10.6. The van der Waals surface area contributed by atoms with Gasteiger partial charge in [0.05, 0.1) is 12.8 Å². The molecule has 148 valence electrons. The van der Waals surface area contributed by atoms with Crippen LogP contribution in [0.15, 0.2) is 77.9 Å². The van der Waals surface area contributed by atoms with Gasteiger partial charge in [-0.15, -0.1) is 11.3 Å². The molecule has 0 saturated carbocycles. The summed E-state index contributed by atoms with van der Waals surface area (Å²) in [5.41, 5.74) is 4.21. The Morgan fingerprint density at radius 3 is 2.90 bits per heavy atom. The lowest BCUT2D eigenvalue weighted by Gasteiger charge is -2.38. The molecule has 6 nitrogen and oxygen atoms in total. The van der Waals surface area contributed by atoms with E-state index in [1.807, 2.05) is 41.1 Å². The zero-order chi connectivity index (χ0) is 20.1. The number of para-hydroxylation sites is 1. The number of fused-ring (bicyclic) bond motifs is 3. The van der Waals surface area contributed by atoms with Gasteiger partial charge in [-0.05, 0) is 35.7 Å². The lowest BCUT2D eigenvalue weighted by molar-refractivity contribution is 0.223. The maximum Gasteiger partial charge on any atom is 0.226 e. The van der Waals surface area contributed by atoms with E-state index < -0.39 is 0 Å². The summed E-state index contributed by atoms with van der Waals surface area (Å²) >= 11 is 1.71. The standard InChI is InChI=1S/C23H18N4O2S/c1-28-15-7-4-6-14(12-15)22-19-20(16-8-2-3-9-17(16)29-22)26-23-24-13-25-27(23)21(19)18-10-5-11-30-18/h2-13,21-22H,1H3,(H,24,25,26)/t21-,22+/m1/s1. The molecule has 4 heterocycles. The first-order chi connectivity index (χ1) is 14.8. The number of rotatable bonds is 3. The van der Waals surface area contributed by atoms with Gasteiger partial charge in [-0.2, -0.15) is 10.1 Å². The number of methoxy groups -OCH3 is 1. The van der Waals surface area contributed by atoms with Gasteiger partial charge in [-0.3, -0.25) is 0 Å². The average Bonchev–Trinajstić information content (AvgIpc) is 3.49. The van der Waals surface area contributed by atoms with Gasteiger partial charge in [0.1, 0.15) is 30.0 Å². The highest BCUT2D eigenvalue weighted by atomic mass is 32.1. The molecule has 2 aliphatic rings. The largest absolute Gasteiger partial charge is 0.497 e. The van der Waals surface area contributed by atoms with Crippen molar-refractivity contribution in [2.24, 2.45) is 0 Å². The molecule has 0 saturated heterocycles. The first kappa shape index (κ1) is 17.3. The smallest absolute Gasteiger partial charge is 0.226 e. The molecule has 0 aliphatic carbocycles. The summed E-state index contributed by atoms with van der Waals surface area (Å²) in [6.45, 7) is 0. The van der Waals surface area contributed by atoms with E-state index in [2.05, 4.69) is 45.0 Å². The van der Waals surface area contributed by atoms with Crippen LogP contribution in [-0.4, -0.2) is 21.9 Å². The van der Waals surface area contributed by atoms with Crippen LogP contribution in [0.4, 0.5) is 5.95 Å². The number of nitrogens with one attached hydrogen (secondary N) is 1. The van der Waals surface area contributed by atoms with Crippen LogP contribution >= 0.6 is 11.3 Å². The van der Waals surface area contributed by atoms with E-state index in [4.69, 9.17) is 9.47 Å². The second-order valence-corrected chi connectivity index (χ2v) is 8.15. The maximum absolute atomic E-state index is 6.60. The second kappa shape index (κ2) is 6.74. The van der Waals surface area contributed by atoms with Crippen molar-refractivity contribution < 1.29 is 9.47 Å². The highest BCUT2D eigenvalue weighted by Crippen LogP contribution is 2.51. The molecular weight excluding hydrogens is 396 g/mol. The van der Waals surface area contributed by atoms with E-state index in [0.29, 0.717) is 0 Å². The molecule has 0 bridgehead atoms. The third kappa shape index (κ3) is 2.55. The van der Waals surface area contributed by atoms with E-state index in [9.17, 15) is 0 Å². The van der Waals surface area contributed by atoms with Crippen molar-refractivity contribution in [3.05, 3.63) is 93.9 Å². The number of anilines is 1. The van der Waals surface area contributed by atoms with Gasteiger partial charge < -0.3 is 14.8 Å². The van der Waals surface area contributed by atoms with Crippen molar-refractivity contribution >= 4 is 23.0 Å². The van der Waals surface area contributed by atoms with Gasteiger partial charge >= 0.3 is 0 Å². The number of hydrogen-bond acceptors (Lipinski definition) is 6. The van der Waals surface area contributed by atoms with Crippen molar-refractivity contribution in [3.8, 4) is 11.5 Å². The van der Waals surface area contributed by atoms with E-state index in [1.165, 1.54) is 4.88 Å². The van der Waals surface area contributed by atoms with Crippen LogP contribution in [0.25, 0.3) is 5.70 Å². The SMILES string of the molecule is COc1cccc([C@@H]2Oc3ccccc3C3=C2[C@@H](c2cccs2)n2ncnc2N3)c1. The molecule has 2 aromatic carbocycles. The Kier molecular flexibility index (Phi) is 3.89. The van der Waals surface area contributed by atoms with Gasteiger partial charge in [0.2, 0.25) is 5.95 Å². The lowest BCUT2D eigenvalue weighted by Crippen LogP contribution is -2.32. The molecule has 7 heteroatoms. The Morgan fingerprint density at radius 1 is 1.10 bits per heavy atom. The van der Waals surface area contributed by atoms with Crippen LogP contribution in [0.3, 0.4) is 0 Å². The van der Waals surface area contributed by atoms with Crippen LogP contribution in [0, 0.1) is 0 Å². The quantitative estimate of drug-likeness (QED) is 0.516. The van der Waals surface area contributed by atoms with Gasteiger partial charge in [0, 0.05) is 21.6 Å². The van der Waals surface area contributed by atoms with Crippen LogP contribution < -0.4 is 14.8 Å². The summed E-state index contributed by atoms with van der Waals surface area (Å²) in [5.74, 6) is 2.37. The van der Waals surface area contributed by atoms with E-state index in [-0.39, 0.29) is 12.1 Å².